The van der Waals surface area contributed by atoms with Gasteiger partial charge in [-0.25, -0.2) is 0 Å². The van der Waals surface area contributed by atoms with Crippen molar-refractivity contribution in [3.63, 3.8) is 0 Å². The topological polar surface area (TPSA) is 61.4 Å². The van der Waals surface area contributed by atoms with Crippen LogP contribution in [0.2, 0.25) is 5.02 Å². The number of hydrogen-bond acceptors (Lipinski definition) is 3. The van der Waals surface area contributed by atoms with Crippen molar-refractivity contribution < 1.29 is 9.90 Å². The second kappa shape index (κ2) is 7.34. The molecule has 0 saturated heterocycles. The van der Waals surface area contributed by atoms with E-state index in [4.69, 9.17) is 11.6 Å². The van der Waals surface area contributed by atoms with Crippen LogP contribution in [0.1, 0.15) is 28.8 Å². The molecule has 2 aromatic carbocycles. The molecule has 0 spiro atoms. The van der Waals surface area contributed by atoms with E-state index in [1.165, 1.54) is 0 Å². The zero-order valence-electron chi connectivity index (χ0n) is 13.4. The number of rotatable bonds is 7. The Morgan fingerprint density at radius 3 is 2.67 bits per heavy atom. The first-order chi connectivity index (χ1) is 11.6. The molecule has 0 aliphatic heterocycles. The smallest absolute Gasteiger partial charge is 0.257 e. The van der Waals surface area contributed by atoms with Crippen molar-refractivity contribution in [3.05, 3.63) is 64.7 Å². The Morgan fingerprint density at radius 1 is 1.17 bits per heavy atom. The fraction of sp³-hybridized carbons (Fsp3) is 0.316. The number of carbonyl (C=O) groups excluding carboxylic acids is 1. The average Bonchev–Trinajstić information content (AvgIpc) is 3.36. The first-order valence-electron chi connectivity index (χ1n) is 8.08. The van der Waals surface area contributed by atoms with Crippen molar-refractivity contribution in [2.45, 2.75) is 19.4 Å². The molecule has 0 aromatic heterocycles. The van der Waals surface area contributed by atoms with Gasteiger partial charge in [0.15, 0.2) is 0 Å². The van der Waals surface area contributed by atoms with Crippen LogP contribution in [0.4, 0.5) is 5.69 Å². The van der Waals surface area contributed by atoms with E-state index in [-0.39, 0.29) is 17.9 Å². The predicted molar refractivity (Wildman–Crippen MR) is 96.3 cm³/mol. The van der Waals surface area contributed by atoms with Crippen molar-refractivity contribution in [2.75, 3.05) is 18.5 Å². The summed E-state index contributed by atoms with van der Waals surface area (Å²) < 4.78 is 0. The standard InChI is InChI=1S/C19H21ClN2O2/c20-17-7-2-1-6-16(17)18(24)22-15-5-3-4-14(10-15)11-21-12-19(13-23)8-9-19/h1-7,10,21,23H,8-9,11-13H2,(H,22,24). The lowest BCUT2D eigenvalue weighted by Crippen LogP contribution is -2.26. The molecule has 24 heavy (non-hydrogen) atoms. The van der Waals surface area contributed by atoms with Crippen LogP contribution in [0.15, 0.2) is 48.5 Å². The Kier molecular flexibility index (Phi) is 5.19. The number of benzene rings is 2. The predicted octanol–water partition coefficient (Wildman–Crippen LogP) is 3.45. The lowest BCUT2D eigenvalue weighted by molar-refractivity contribution is 0.102. The van der Waals surface area contributed by atoms with E-state index in [9.17, 15) is 9.90 Å². The van der Waals surface area contributed by atoms with E-state index < -0.39 is 0 Å². The van der Waals surface area contributed by atoms with E-state index >= 15 is 0 Å². The molecule has 1 fully saturated rings. The molecule has 126 valence electrons. The summed E-state index contributed by atoms with van der Waals surface area (Å²) >= 11 is 6.06. The van der Waals surface area contributed by atoms with Gasteiger partial charge in [-0.3, -0.25) is 4.79 Å². The maximum atomic E-state index is 12.3. The molecule has 3 rings (SSSR count). The van der Waals surface area contributed by atoms with Crippen molar-refractivity contribution in [1.82, 2.24) is 5.32 Å². The zero-order chi connectivity index (χ0) is 17.0. The first-order valence-corrected chi connectivity index (χ1v) is 8.46. The third-order valence-electron chi connectivity index (χ3n) is 4.42. The van der Waals surface area contributed by atoms with Crippen LogP contribution < -0.4 is 10.6 Å². The van der Waals surface area contributed by atoms with Crippen LogP contribution in [0.5, 0.6) is 0 Å². The van der Waals surface area contributed by atoms with E-state index in [1.54, 1.807) is 24.3 Å². The number of anilines is 1. The molecule has 0 unspecified atom stereocenters. The van der Waals surface area contributed by atoms with Crippen molar-refractivity contribution in [3.8, 4) is 0 Å². The second-order valence-corrected chi connectivity index (χ2v) is 6.80. The minimum absolute atomic E-state index is 0.0931. The highest BCUT2D eigenvalue weighted by atomic mass is 35.5. The molecular formula is C19H21ClN2O2. The SMILES string of the molecule is O=C(Nc1cccc(CNCC2(CO)CC2)c1)c1ccccc1Cl. The van der Waals surface area contributed by atoms with Crippen molar-refractivity contribution in [1.29, 1.82) is 0 Å². The van der Waals surface area contributed by atoms with Crippen LogP contribution >= 0.6 is 11.6 Å². The van der Waals surface area contributed by atoms with Crippen LogP contribution in [-0.2, 0) is 6.54 Å². The maximum Gasteiger partial charge on any atom is 0.257 e. The summed E-state index contributed by atoms with van der Waals surface area (Å²) in [7, 11) is 0. The van der Waals surface area contributed by atoms with E-state index in [2.05, 4.69) is 10.6 Å². The minimum Gasteiger partial charge on any atom is -0.396 e. The summed E-state index contributed by atoms with van der Waals surface area (Å²) in [5.74, 6) is -0.220. The molecule has 4 nitrogen and oxygen atoms in total. The Bertz CT molecular complexity index is 729. The fourth-order valence-electron chi connectivity index (χ4n) is 2.64. The van der Waals surface area contributed by atoms with Crippen LogP contribution in [0, 0.1) is 5.41 Å². The summed E-state index contributed by atoms with van der Waals surface area (Å²) in [5, 5.41) is 16.0. The van der Waals surface area contributed by atoms with Gasteiger partial charge in [-0.2, -0.15) is 0 Å². The highest BCUT2D eigenvalue weighted by Gasteiger charge is 2.41. The lowest BCUT2D eigenvalue weighted by Gasteiger charge is -2.13. The normalized spacial score (nSPS) is 15.1. The van der Waals surface area contributed by atoms with Crippen molar-refractivity contribution >= 4 is 23.2 Å². The molecule has 1 saturated carbocycles. The second-order valence-electron chi connectivity index (χ2n) is 6.40. The number of nitrogens with one attached hydrogen (secondary N) is 2. The number of halogens is 1. The van der Waals surface area contributed by atoms with Gasteiger partial charge in [0.25, 0.3) is 5.91 Å². The number of aliphatic hydroxyl groups is 1. The summed E-state index contributed by atoms with van der Waals surface area (Å²) in [5.41, 5.74) is 2.38. The van der Waals surface area contributed by atoms with E-state index in [0.29, 0.717) is 17.1 Å². The monoisotopic (exact) mass is 344 g/mol. The maximum absolute atomic E-state index is 12.3. The number of amides is 1. The highest BCUT2D eigenvalue weighted by molar-refractivity contribution is 6.34. The Morgan fingerprint density at radius 2 is 1.96 bits per heavy atom. The molecule has 0 heterocycles. The number of aliphatic hydroxyl groups excluding tert-OH is 1. The molecule has 0 radical (unpaired) electrons. The van der Waals surface area contributed by atoms with Gasteiger partial charge in [0.2, 0.25) is 0 Å². The molecule has 1 amide bonds. The van der Waals surface area contributed by atoms with E-state index in [1.807, 2.05) is 24.3 Å². The summed E-state index contributed by atoms with van der Waals surface area (Å²) in [6.07, 6.45) is 2.18. The van der Waals surface area contributed by atoms with Gasteiger partial charge in [0.1, 0.15) is 0 Å². The molecule has 0 bridgehead atoms. The number of carbonyl (C=O) groups is 1. The molecule has 3 N–H and O–H groups in total. The first kappa shape index (κ1) is 17.0. The zero-order valence-corrected chi connectivity index (χ0v) is 14.1. The lowest BCUT2D eigenvalue weighted by atomic mass is 10.1. The minimum atomic E-state index is -0.220. The molecule has 1 aliphatic carbocycles. The molecule has 5 heteroatoms. The van der Waals surface area contributed by atoms with Gasteiger partial charge >= 0.3 is 0 Å². The van der Waals surface area contributed by atoms with Gasteiger partial charge in [0, 0.05) is 30.8 Å². The molecule has 0 atom stereocenters. The Labute approximate surface area is 146 Å². The summed E-state index contributed by atoms with van der Waals surface area (Å²) in [6, 6.07) is 14.7. The van der Waals surface area contributed by atoms with E-state index in [0.717, 1.165) is 30.6 Å². The third kappa shape index (κ3) is 4.15. The average molecular weight is 345 g/mol. The van der Waals surface area contributed by atoms with Gasteiger partial charge in [-0.15, -0.1) is 0 Å². The van der Waals surface area contributed by atoms with Crippen LogP contribution in [0.3, 0.4) is 0 Å². The Balaban J connectivity index is 1.59. The molecule has 1 aliphatic rings. The fourth-order valence-corrected chi connectivity index (χ4v) is 2.86. The van der Waals surface area contributed by atoms with Gasteiger partial charge in [-0.1, -0.05) is 35.9 Å². The molecule has 2 aromatic rings. The van der Waals surface area contributed by atoms with Crippen LogP contribution in [0.25, 0.3) is 0 Å². The largest absolute Gasteiger partial charge is 0.396 e. The number of hydrogen-bond donors (Lipinski definition) is 3. The van der Waals surface area contributed by atoms with Gasteiger partial charge < -0.3 is 15.7 Å². The summed E-state index contributed by atoms with van der Waals surface area (Å²) in [4.78, 5) is 12.3. The quantitative estimate of drug-likeness (QED) is 0.721. The van der Waals surface area contributed by atoms with Crippen molar-refractivity contribution in [2.24, 2.45) is 5.41 Å². The van der Waals surface area contributed by atoms with Crippen LogP contribution in [-0.4, -0.2) is 24.2 Å². The van der Waals surface area contributed by atoms with Gasteiger partial charge in [0.05, 0.1) is 10.6 Å². The third-order valence-corrected chi connectivity index (χ3v) is 4.75. The highest BCUT2D eigenvalue weighted by Crippen LogP contribution is 2.44. The summed E-state index contributed by atoms with van der Waals surface area (Å²) in [6.45, 7) is 1.77. The Hall–Kier alpha value is -1.88. The van der Waals surface area contributed by atoms with Gasteiger partial charge in [-0.05, 0) is 42.7 Å². The molecular weight excluding hydrogens is 324 g/mol.